The molecule has 1 saturated heterocycles. The molecule has 4 nitrogen and oxygen atoms in total. The molecule has 0 spiro atoms. The quantitative estimate of drug-likeness (QED) is 0.731. The van der Waals surface area contributed by atoms with Gasteiger partial charge >= 0.3 is 6.09 Å². The zero-order valence-electron chi connectivity index (χ0n) is 7.51. The number of alkyl carbamates (subject to hydrolysis) is 1. The van der Waals surface area contributed by atoms with Gasteiger partial charge in [0.15, 0.2) is 6.10 Å². The minimum absolute atomic E-state index is 0.168. The molecular formula is C10H11NO3. The Morgan fingerprint density at radius 1 is 1.36 bits per heavy atom. The van der Waals surface area contributed by atoms with Crippen LogP contribution < -0.4 is 5.32 Å². The summed E-state index contributed by atoms with van der Waals surface area (Å²) in [5.41, 5.74) is 0.942. The van der Waals surface area contributed by atoms with Crippen LogP contribution in [0.2, 0.25) is 0 Å². The molecule has 2 rings (SSSR count). The molecule has 0 aliphatic carbocycles. The van der Waals surface area contributed by atoms with Gasteiger partial charge in [0.05, 0.1) is 12.6 Å². The highest BCUT2D eigenvalue weighted by molar-refractivity contribution is 5.70. The van der Waals surface area contributed by atoms with E-state index in [1.54, 1.807) is 0 Å². The Labute approximate surface area is 81.5 Å². The Balaban J connectivity index is 2.22. The number of hydrogen-bond donors (Lipinski definition) is 2. The van der Waals surface area contributed by atoms with Crippen molar-refractivity contribution in [1.82, 2.24) is 5.32 Å². The number of nitrogens with one attached hydrogen (secondary N) is 1. The third kappa shape index (κ3) is 1.56. The number of carbonyl (C=O) groups excluding carboxylic acids is 1. The van der Waals surface area contributed by atoms with Crippen LogP contribution in [0, 0.1) is 0 Å². The third-order valence-electron chi connectivity index (χ3n) is 2.24. The zero-order valence-corrected chi connectivity index (χ0v) is 7.51. The Hall–Kier alpha value is -1.55. The monoisotopic (exact) mass is 193 g/mol. The van der Waals surface area contributed by atoms with Gasteiger partial charge in [-0.25, -0.2) is 4.79 Å². The number of amides is 1. The van der Waals surface area contributed by atoms with Crippen LogP contribution in [-0.2, 0) is 4.74 Å². The van der Waals surface area contributed by atoms with E-state index in [4.69, 9.17) is 9.84 Å². The van der Waals surface area contributed by atoms with Crippen LogP contribution in [0.25, 0.3) is 0 Å². The second kappa shape index (κ2) is 3.67. The lowest BCUT2D eigenvalue weighted by Crippen LogP contribution is -2.24. The van der Waals surface area contributed by atoms with E-state index in [1.165, 1.54) is 0 Å². The standard InChI is InChI=1S/C10H11NO3/c12-6-8-9(11-10(13)14-8)7-4-2-1-3-5-7/h1-5,8-9,12H,6H2,(H,11,13). The molecule has 1 aliphatic rings. The molecule has 1 heterocycles. The fourth-order valence-corrected chi connectivity index (χ4v) is 1.56. The van der Waals surface area contributed by atoms with Crippen molar-refractivity contribution in [2.24, 2.45) is 0 Å². The van der Waals surface area contributed by atoms with Gasteiger partial charge in [-0.3, -0.25) is 0 Å². The van der Waals surface area contributed by atoms with E-state index < -0.39 is 12.2 Å². The summed E-state index contributed by atoms with van der Waals surface area (Å²) < 4.78 is 4.88. The van der Waals surface area contributed by atoms with Crippen LogP contribution in [0.15, 0.2) is 30.3 Å². The molecule has 1 aromatic carbocycles. The van der Waals surface area contributed by atoms with Gasteiger partial charge < -0.3 is 15.2 Å². The number of aliphatic hydroxyl groups is 1. The molecule has 0 saturated carbocycles. The normalized spacial score (nSPS) is 25.6. The van der Waals surface area contributed by atoms with Crippen molar-refractivity contribution < 1.29 is 14.6 Å². The Morgan fingerprint density at radius 2 is 2.07 bits per heavy atom. The van der Waals surface area contributed by atoms with Crippen LogP contribution in [0.1, 0.15) is 11.6 Å². The van der Waals surface area contributed by atoms with Crippen LogP contribution in [0.3, 0.4) is 0 Å². The molecule has 1 amide bonds. The van der Waals surface area contributed by atoms with E-state index in [2.05, 4.69) is 5.32 Å². The van der Waals surface area contributed by atoms with Crippen molar-refractivity contribution in [2.45, 2.75) is 12.1 Å². The Morgan fingerprint density at radius 3 is 2.71 bits per heavy atom. The molecule has 2 N–H and O–H groups in total. The number of ether oxygens (including phenoxy) is 1. The Bertz CT molecular complexity index is 325. The topological polar surface area (TPSA) is 58.6 Å². The average Bonchev–Trinajstić information content (AvgIpc) is 2.61. The van der Waals surface area contributed by atoms with Crippen molar-refractivity contribution in [2.75, 3.05) is 6.61 Å². The van der Waals surface area contributed by atoms with Gasteiger partial charge in [0.2, 0.25) is 0 Å². The highest BCUT2D eigenvalue weighted by atomic mass is 16.6. The number of benzene rings is 1. The van der Waals surface area contributed by atoms with Crippen LogP contribution in [-0.4, -0.2) is 23.9 Å². The molecule has 14 heavy (non-hydrogen) atoms. The summed E-state index contributed by atoms with van der Waals surface area (Å²) in [6, 6.07) is 9.20. The van der Waals surface area contributed by atoms with Gasteiger partial charge in [-0.05, 0) is 5.56 Å². The second-order valence-electron chi connectivity index (χ2n) is 3.16. The van der Waals surface area contributed by atoms with Crippen LogP contribution >= 0.6 is 0 Å². The maximum atomic E-state index is 11.0. The summed E-state index contributed by atoms with van der Waals surface area (Å²) in [5.74, 6) is 0. The highest BCUT2D eigenvalue weighted by Gasteiger charge is 2.34. The number of hydrogen-bond acceptors (Lipinski definition) is 3. The summed E-state index contributed by atoms with van der Waals surface area (Å²) in [4.78, 5) is 11.0. The van der Waals surface area contributed by atoms with E-state index in [-0.39, 0.29) is 12.6 Å². The molecule has 2 unspecified atom stereocenters. The summed E-state index contributed by atoms with van der Waals surface area (Å²) in [6.45, 7) is -0.168. The first kappa shape index (κ1) is 9.02. The maximum Gasteiger partial charge on any atom is 0.408 e. The van der Waals surface area contributed by atoms with Crippen molar-refractivity contribution in [3.8, 4) is 0 Å². The van der Waals surface area contributed by atoms with E-state index in [0.29, 0.717) is 0 Å². The van der Waals surface area contributed by atoms with Crippen molar-refractivity contribution in [3.63, 3.8) is 0 Å². The van der Waals surface area contributed by atoms with Gasteiger partial charge in [-0.2, -0.15) is 0 Å². The first-order valence-electron chi connectivity index (χ1n) is 4.44. The largest absolute Gasteiger partial charge is 0.441 e. The Kier molecular flexibility index (Phi) is 2.37. The lowest BCUT2D eigenvalue weighted by Gasteiger charge is -2.14. The van der Waals surface area contributed by atoms with Gasteiger partial charge in [0.25, 0.3) is 0 Å². The smallest absolute Gasteiger partial charge is 0.408 e. The predicted octanol–water partition coefficient (Wildman–Crippen LogP) is 0.828. The second-order valence-corrected chi connectivity index (χ2v) is 3.16. The van der Waals surface area contributed by atoms with Gasteiger partial charge in [-0.15, -0.1) is 0 Å². The first-order valence-corrected chi connectivity index (χ1v) is 4.44. The maximum absolute atomic E-state index is 11.0. The van der Waals surface area contributed by atoms with E-state index in [0.717, 1.165) is 5.56 Å². The van der Waals surface area contributed by atoms with E-state index in [9.17, 15) is 4.79 Å². The van der Waals surface area contributed by atoms with Gasteiger partial charge in [-0.1, -0.05) is 30.3 Å². The first-order chi connectivity index (χ1) is 6.81. The van der Waals surface area contributed by atoms with Gasteiger partial charge in [0.1, 0.15) is 0 Å². The number of cyclic esters (lactones) is 1. The highest BCUT2D eigenvalue weighted by Crippen LogP contribution is 2.23. The molecular weight excluding hydrogens is 182 g/mol. The minimum atomic E-state index is -0.482. The summed E-state index contributed by atoms with van der Waals surface area (Å²) in [7, 11) is 0. The lowest BCUT2D eigenvalue weighted by atomic mass is 10.0. The van der Waals surface area contributed by atoms with Crippen LogP contribution in [0.5, 0.6) is 0 Å². The average molecular weight is 193 g/mol. The zero-order chi connectivity index (χ0) is 9.97. The molecule has 0 radical (unpaired) electrons. The fourth-order valence-electron chi connectivity index (χ4n) is 1.56. The van der Waals surface area contributed by atoms with Crippen LogP contribution in [0.4, 0.5) is 4.79 Å². The molecule has 4 heteroatoms. The molecule has 1 fully saturated rings. The molecule has 1 aromatic rings. The molecule has 1 aliphatic heterocycles. The number of aliphatic hydroxyl groups excluding tert-OH is 1. The number of rotatable bonds is 2. The number of carbonyl (C=O) groups is 1. The summed E-state index contributed by atoms with van der Waals surface area (Å²) in [5, 5.41) is 11.6. The van der Waals surface area contributed by atoms with Crippen molar-refractivity contribution in [3.05, 3.63) is 35.9 Å². The van der Waals surface area contributed by atoms with E-state index >= 15 is 0 Å². The molecule has 0 bridgehead atoms. The molecule has 74 valence electrons. The van der Waals surface area contributed by atoms with Gasteiger partial charge in [0, 0.05) is 0 Å². The predicted molar refractivity (Wildman–Crippen MR) is 49.7 cm³/mol. The summed E-state index contributed by atoms with van der Waals surface area (Å²) in [6.07, 6.45) is -0.956. The summed E-state index contributed by atoms with van der Waals surface area (Å²) >= 11 is 0. The minimum Gasteiger partial charge on any atom is -0.441 e. The third-order valence-corrected chi connectivity index (χ3v) is 2.24. The fraction of sp³-hybridized carbons (Fsp3) is 0.300. The molecule has 0 aromatic heterocycles. The molecule has 2 atom stereocenters. The van der Waals surface area contributed by atoms with Crippen molar-refractivity contribution in [1.29, 1.82) is 0 Å². The lowest BCUT2D eigenvalue weighted by molar-refractivity contribution is 0.0829. The SMILES string of the molecule is O=C1NC(c2ccccc2)C(CO)O1. The van der Waals surface area contributed by atoms with Crippen molar-refractivity contribution >= 4 is 6.09 Å². The van der Waals surface area contributed by atoms with E-state index in [1.807, 2.05) is 30.3 Å².